The van der Waals surface area contributed by atoms with Gasteiger partial charge >= 0.3 is 0 Å². The number of rotatable bonds is 9. The lowest BCUT2D eigenvalue weighted by molar-refractivity contribution is 0.0637. The average molecular weight is 345 g/mol. The number of benzene rings is 1. The van der Waals surface area contributed by atoms with Crippen LogP contribution in [0.25, 0.3) is 0 Å². The quantitative estimate of drug-likeness (QED) is 0.695. The minimum absolute atomic E-state index is 0.271. The van der Waals surface area contributed by atoms with E-state index in [0.29, 0.717) is 12.4 Å². The van der Waals surface area contributed by atoms with E-state index >= 15 is 0 Å². The van der Waals surface area contributed by atoms with E-state index in [0.717, 1.165) is 62.5 Å². The van der Waals surface area contributed by atoms with E-state index in [4.69, 9.17) is 14.0 Å². The fourth-order valence-corrected chi connectivity index (χ4v) is 3.21. The normalized spacial score (nSPS) is 17.3. The van der Waals surface area contributed by atoms with E-state index in [1.165, 1.54) is 0 Å². The Bertz CT molecular complexity index is 653. The summed E-state index contributed by atoms with van der Waals surface area (Å²) in [5.74, 6) is 2.35. The van der Waals surface area contributed by atoms with Crippen LogP contribution in [-0.4, -0.2) is 41.4 Å². The number of aryl methyl sites for hydroxylation is 1. The first-order chi connectivity index (χ1) is 12.3. The third-order valence-electron chi connectivity index (χ3n) is 4.41. The van der Waals surface area contributed by atoms with E-state index < -0.39 is 0 Å². The second-order valence-corrected chi connectivity index (χ2v) is 6.47. The van der Waals surface area contributed by atoms with E-state index in [-0.39, 0.29) is 6.10 Å². The van der Waals surface area contributed by atoms with Crippen LogP contribution in [0.4, 0.5) is 0 Å². The fourth-order valence-electron chi connectivity index (χ4n) is 3.21. The molecule has 0 aliphatic carbocycles. The highest BCUT2D eigenvalue weighted by Gasteiger charge is 2.22. The highest BCUT2D eigenvalue weighted by atomic mass is 16.5. The molecule has 2 aromatic rings. The Labute approximate surface area is 149 Å². The number of aromatic nitrogens is 2. The molecule has 0 spiro atoms. The zero-order valence-electron chi connectivity index (χ0n) is 15.1. The number of hydrogen-bond acceptors (Lipinski definition) is 6. The predicted octanol–water partition coefficient (Wildman–Crippen LogP) is 3.21. The maximum Gasteiger partial charge on any atom is 0.240 e. The highest BCUT2D eigenvalue weighted by molar-refractivity contribution is 5.33. The first-order valence-corrected chi connectivity index (χ1v) is 9.05. The van der Waals surface area contributed by atoms with Crippen molar-refractivity contribution in [3.8, 4) is 5.75 Å². The van der Waals surface area contributed by atoms with Crippen molar-refractivity contribution in [2.24, 2.45) is 0 Å². The average Bonchev–Trinajstić information content (AvgIpc) is 3.28. The number of ether oxygens (including phenoxy) is 2. The van der Waals surface area contributed by atoms with Crippen LogP contribution >= 0.6 is 0 Å². The van der Waals surface area contributed by atoms with Gasteiger partial charge in [-0.2, -0.15) is 4.98 Å². The zero-order valence-corrected chi connectivity index (χ0v) is 15.1. The molecular formula is C19H27N3O3. The van der Waals surface area contributed by atoms with Crippen LogP contribution in [0, 0.1) is 0 Å². The lowest BCUT2D eigenvalue weighted by atomic mass is 10.1. The molecule has 0 bridgehead atoms. The molecule has 0 saturated carbocycles. The molecule has 0 radical (unpaired) electrons. The molecule has 6 nitrogen and oxygen atoms in total. The van der Waals surface area contributed by atoms with Gasteiger partial charge in [-0.3, -0.25) is 4.90 Å². The lowest BCUT2D eigenvalue weighted by Crippen LogP contribution is -2.31. The third-order valence-corrected chi connectivity index (χ3v) is 4.41. The first kappa shape index (κ1) is 17.9. The zero-order chi connectivity index (χ0) is 17.5. The smallest absolute Gasteiger partial charge is 0.240 e. The van der Waals surface area contributed by atoms with Gasteiger partial charge in [-0.05, 0) is 25.3 Å². The predicted molar refractivity (Wildman–Crippen MR) is 94.4 cm³/mol. The van der Waals surface area contributed by atoms with Crippen LogP contribution in [0.3, 0.4) is 0 Å². The number of hydrogen-bond donors (Lipinski definition) is 0. The summed E-state index contributed by atoms with van der Waals surface area (Å²) < 4.78 is 16.7. The van der Waals surface area contributed by atoms with E-state index in [1.807, 2.05) is 18.2 Å². The van der Waals surface area contributed by atoms with Crippen LogP contribution in [-0.2, 0) is 24.2 Å². The van der Waals surface area contributed by atoms with Crippen LogP contribution < -0.4 is 4.74 Å². The largest absolute Gasteiger partial charge is 0.496 e. The topological polar surface area (TPSA) is 60.6 Å². The molecule has 1 fully saturated rings. The molecular weight excluding hydrogens is 318 g/mol. The summed E-state index contributed by atoms with van der Waals surface area (Å²) in [5.41, 5.74) is 1.15. The standard InChI is InChI=1S/C19H27N3O3/c1-3-7-18-20-19(25-21-18)14-22(13-16-9-6-11-24-16)12-15-8-4-5-10-17(15)23-2/h4-5,8,10,16H,3,6-7,9,11-14H2,1-2H3/t16-/m1/s1. The van der Waals surface area contributed by atoms with Gasteiger partial charge < -0.3 is 14.0 Å². The molecule has 0 unspecified atom stereocenters. The summed E-state index contributed by atoms with van der Waals surface area (Å²) in [6.07, 6.45) is 4.37. The number of methoxy groups -OCH3 is 1. The van der Waals surface area contributed by atoms with Crippen LogP contribution in [0.5, 0.6) is 5.75 Å². The van der Waals surface area contributed by atoms with Gasteiger partial charge in [0.25, 0.3) is 0 Å². The summed E-state index contributed by atoms with van der Waals surface area (Å²) in [4.78, 5) is 6.81. The molecule has 1 saturated heterocycles. The van der Waals surface area contributed by atoms with Gasteiger partial charge in [-0.15, -0.1) is 0 Å². The Hall–Kier alpha value is -1.92. The Morgan fingerprint density at radius 1 is 1.28 bits per heavy atom. The molecule has 1 aliphatic rings. The molecule has 1 aromatic heterocycles. The van der Waals surface area contributed by atoms with Crippen LogP contribution in [0.1, 0.15) is 43.5 Å². The number of para-hydroxylation sites is 1. The van der Waals surface area contributed by atoms with Gasteiger partial charge in [0, 0.05) is 31.7 Å². The molecule has 0 N–H and O–H groups in total. The van der Waals surface area contributed by atoms with Crippen molar-refractivity contribution in [3.05, 3.63) is 41.5 Å². The Morgan fingerprint density at radius 3 is 2.92 bits per heavy atom. The summed E-state index contributed by atoms with van der Waals surface area (Å²) in [6, 6.07) is 8.11. The van der Waals surface area contributed by atoms with Crippen molar-refractivity contribution in [3.63, 3.8) is 0 Å². The van der Waals surface area contributed by atoms with E-state index in [2.05, 4.69) is 28.0 Å². The van der Waals surface area contributed by atoms with Crippen molar-refractivity contribution in [2.75, 3.05) is 20.3 Å². The second kappa shape index (κ2) is 8.97. The Morgan fingerprint density at radius 2 is 2.16 bits per heavy atom. The van der Waals surface area contributed by atoms with Gasteiger partial charge in [-0.25, -0.2) is 0 Å². The van der Waals surface area contributed by atoms with E-state index in [9.17, 15) is 0 Å². The Balaban J connectivity index is 1.71. The molecule has 136 valence electrons. The molecule has 3 rings (SSSR count). The molecule has 0 amide bonds. The van der Waals surface area contributed by atoms with Gasteiger partial charge in [0.2, 0.25) is 5.89 Å². The van der Waals surface area contributed by atoms with Crippen molar-refractivity contribution >= 4 is 0 Å². The van der Waals surface area contributed by atoms with Crippen LogP contribution in [0.15, 0.2) is 28.8 Å². The first-order valence-electron chi connectivity index (χ1n) is 9.05. The third kappa shape index (κ3) is 5.03. The minimum atomic E-state index is 0.271. The maximum absolute atomic E-state index is 5.82. The van der Waals surface area contributed by atoms with Gasteiger partial charge in [0.1, 0.15) is 5.75 Å². The van der Waals surface area contributed by atoms with Crippen LogP contribution in [0.2, 0.25) is 0 Å². The highest BCUT2D eigenvalue weighted by Crippen LogP contribution is 2.22. The summed E-state index contributed by atoms with van der Waals surface area (Å²) in [7, 11) is 1.71. The Kier molecular flexibility index (Phi) is 6.42. The summed E-state index contributed by atoms with van der Waals surface area (Å²) >= 11 is 0. The van der Waals surface area contributed by atoms with Crippen molar-refractivity contribution in [2.45, 2.75) is 51.8 Å². The molecule has 1 atom stereocenters. The molecule has 1 aliphatic heterocycles. The van der Waals surface area contributed by atoms with Crippen molar-refractivity contribution < 1.29 is 14.0 Å². The monoisotopic (exact) mass is 345 g/mol. The summed E-state index contributed by atoms with van der Waals surface area (Å²) in [6.45, 7) is 5.20. The molecule has 6 heteroatoms. The van der Waals surface area contributed by atoms with Crippen molar-refractivity contribution in [1.29, 1.82) is 0 Å². The molecule has 1 aromatic carbocycles. The lowest BCUT2D eigenvalue weighted by Gasteiger charge is -2.24. The minimum Gasteiger partial charge on any atom is -0.496 e. The van der Waals surface area contributed by atoms with Gasteiger partial charge in [0.15, 0.2) is 5.82 Å². The number of nitrogens with zero attached hydrogens (tertiary/aromatic N) is 3. The van der Waals surface area contributed by atoms with Gasteiger partial charge in [0.05, 0.1) is 19.8 Å². The van der Waals surface area contributed by atoms with Gasteiger partial charge in [-0.1, -0.05) is 30.3 Å². The second-order valence-electron chi connectivity index (χ2n) is 6.47. The SMILES string of the molecule is CCCc1noc(CN(Cc2ccccc2OC)C[C@H]2CCCO2)n1. The fraction of sp³-hybridized carbons (Fsp3) is 0.579. The summed E-state index contributed by atoms with van der Waals surface area (Å²) in [5, 5.41) is 4.06. The molecule has 2 heterocycles. The maximum atomic E-state index is 5.82. The van der Waals surface area contributed by atoms with Crippen molar-refractivity contribution in [1.82, 2.24) is 15.0 Å². The van der Waals surface area contributed by atoms with E-state index in [1.54, 1.807) is 7.11 Å². The molecule has 25 heavy (non-hydrogen) atoms.